The van der Waals surface area contributed by atoms with Gasteiger partial charge in [0.1, 0.15) is 16.8 Å². The van der Waals surface area contributed by atoms with Gasteiger partial charge in [0.05, 0.1) is 12.5 Å². The average Bonchev–Trinajstić information content (AvgIpc) is 2.88. The van der Waals surface area contributed by atoms with Gasteiger partial charge in [-0.3, -0.25) is 9.69 Å². The van der Waals surface area contributed by atoms with Crippen LogP contribution in [0.3, 0.4) is 0 Å². The number of ether oxygens (including phenoxy) is 1. The Hall–Kier alpha value is -0.490. The Morgan fingerprint density at radius 2 is 2.56 bits per heavy atom. The molecule has 1 saturated heterocycles. The third-order valence-corrected chi connectivity index (χ3v) is 4.07. The first kappa shape index (κ1) is 13.9. The largest absolute Gasteiger partial charge is 0.368 e. The van der Waals surface area contributed by atoms with Gasteiger partial charge in [-0.1, -0.05) is 6.92 Å². The molecule has 0 spiro atoms. The van der Waals surface area contributed by atoms with Gasteiger partial charge in [0, 0.05) is 18.5 Å². The molecule has 0 saturated carbocycles. The van der Waals surface area contributed by atoms with E-state index in [2.05, 4.69) is 16.8 Å². The number of alkyl halides is 1. The number of carbonyl (C=O) groups is 1. The second kappa shape index (κ2) is 6.61. The highest BCUT2D eigenvalue weighted by Gasteiger charge is 2.24. The van der Waals surface area contributed by atoms with Gasteiger partial charge in [-0.05, 0) is 13.0 Å². The molecule has 1 aromatic rings. The molecule has 1 aromatic heterocycles. The molecule has 100 valence electrons. The first-order chi connectivity index (χ1) is 8.74. The third kappa shape index (κ3) is 3.29. The second-order valence-electron chi connectivity index (χ2n) is 4.29. The number of thiazole rings is 1. The van der Waals surface area contributed by atoms with Crippen molar-refractivity contribution in [3.8, 4) is 0 Å². The molecule has 1 atom stereocenters. The Bertz CT molecular complexity index is 409. The van der Waals surface area contributed by atoms with Crippen molar-refractivity contribution >= 4 is 28.7 Å². The topological polar surface area (TPSA) is 42.4 Å². The number of hydrogen-bond donors (Lipinski definition) is 0. The summed E-state index contributed by atoms with van der Waals surface area (Å²) in [7, 11) is 0. The Morgan fingerprint density at radius 1 is 1.72 bits per heavy atom. The predicted molar refractivity (Wildman–Crippen MR) is 72.6 cm³/mol. The van der Waals surface area contributed by atoms with Gasteiger partial charge in [-0.25, -0.2) is 4.98 Å². The van der Waals surface area contributed by atoms with E-state index in [1.165, 1.54) is 11.3 Å². The lowest BCUT2D eigenvalue weighted by Crippen LogP contribution is -2.38. The fourth-order valence-electron chi connectivity index (χ4n) is 2.00. The van der Waals surface area contributed by atoms with Gasteiger partial charge in [-0.15, -0.1) is 22.9 Å². The molecule has 0 aliphatic carbocycles. The smallest absolute Gasteiger partial charge is 0.196 e. The van der Waals surface area contributed by atoms with Gasteiger partial charge in [-0.2, -0.15) is 0 Å². The lowest BCUT2D eigenvalue weighted by molar-refractivity contribution is -0.0299. The highest BCUT2D eigenvalue weighted by atomic mass is 35.5. The Balaban J connectivity index is 2.02. The van der Waals surface area contributed by atoms with Gasteiger partial charge in [0.25, 0.3) is 0 Å². The Kier molecular flexibility index (Phi) is 5.12. The Morgan fingerprint density at radius 3 is 3.28 bits per heavy atom. The van der Waals surface area contributed by atoms with Crippen LogP contribution in [0.2, 0.25) is 0 Å². The van der Waals surface area contributed by atoms with E-state index in [1.807, 2.05) is 0 Å². The molecule has 0 aromatic carbocycles. The molecule has 2 heterocycles. The van der Waals surface area contributed by atoms with E-state index in [4.69, 9.17) is 16.3 Å². The van der Waals surface area contributed by atoms with Crippen molar-refractivity contribution in [2.24, 2.45) is 0 Å². The van der Waals surface area contributed by atoms with Crippen molar-refractivity contribution < 1.29 is 9.53 Å². The molecular weight excluding hydrogens is 272 g/mol. The summed E-state index contributed by atoms with van der Waals surface area (Å²) in [5, 5.41) is 2.64. The number of carbonyl (C=O) groups excluding carboxylic acids is 1. The lowest BCUT2D eigenvalue weighted by Gasteiger charge is -2.31. The molecule has 1 aliphatic heterocycles. The van der Waals surface area contributed by atoms with Gasteiger partial charge >= 0.3 is 0 Å². The molecule has 2 rings (SSSR count). The standard InChI is InChI=1S/C12H17ClN2O2S/c1-2-3-15-4-5-17-11(7-15)12-14-9(8-18-12)10(16)6-13/h8,11H,2-7H2,1H3. The molecule has 1 aliphatic rings. The SMILES string of the molecule is CCCN1CCOC(c2nc(C(=O)CCl)cs2)C1. The van der Waals surface area contributed by atoms with Crippen molar-refractivity contribution in [1.29, 1.82) is 0 Å². The molecule has 0 bridgehead atoms. The van der Waals surface area contributed by atoms with Crippen molar-refractivity contribution in [2.75, 3.05) is 32.1 Å². The van der Waals surface area contributed by atoms with Crippen LogP contribution in [0, 0.1) is 0 Å². The van der Waals surface area contributed by atoms with Crippen LogP contribution in [0.25, 0.3) is 0 Å². The summed E-state index contributed by atoms with van der Waals surface area (Å²) in [4.78, 5) is 18.1. The zero-order valence-corrected chi connectivity index (χ0v) is 12.0. The van der Waals surface area contributed by atoms with Crippen molar-refractivity contribution in [3.05, 3.63) is 16.1 Å². The fourth-order valence-corrected chi connectivity index (χ4v) is 3.00. The number of rotatable bonds is 5. The minimum absolute atomic E-state index is 0.00724. The first-order valence-corrected chi connectivity index (χ1v) is 7.54. The molecule has 0 radical (unpaired) electrons. The average molecular weight is 289 g/mol. The van der Waals surface area contributed by atoms with Crippen LogP contribution in [0.1, 0.15) is 34.9 Å². The molecule has 0 N–H and O–H groups in total. The molecular formula is C12H17ClN2O2S. The minimum Gasteiger partial charge on any atom is -0.368 e. The number of hydrogen-bond acceptors (Lipinski definition) is 5. The monoisotopic (exact) mass is 288 g/mol. The molecule has 1 unspecified atom stereocenters. The number of nitrogens with zero attached hydrogens (tertiary/aromatic N) is 2. The molecule has 4 nitrogen and oxygen atoms in total. The van der Waals surface area contributed by atoms with Crippen LogP contribution in [-0.4, -0.2) is 47.8 Å². The number of aromatic nitrogens is 1. The van der Waals surface area contributed by atoms with E-state index in [-0.39, 0.29) is 17.8 Å². The van der Waals surface area contributed by atoms with E-state index in [1.54, 1.807) is 5.38 Å². The summed E-state index contributed by atoms with van der Waals surface area (Å²) in [6, 6.07) is 0. The normalized spacial score (nSPS) is 21.1. The summed E-state index contributed by atoms with van der Waals surface area (Å²) in [6.45, 7) is 5.81. The summed E-state index contributed by atoms with van der Waals surface area (Å²) in [6.07, 6.45) is 1.13. The number of ketones is 1. The number of halogens is 1. The molecule has 1 fully saturated rings. The van der Waals surface area contributed by atoms with Crippen LogP contribution < -0.4 is 0 Å². The Labute approximate surface area is 116 Å². The molecule has 18 heavy (non-hydrogen) atoms. The second-order valence-corrected chi connectivity index (χ2v) is 5.44. The quantitative estimate of drug-likeness (QED) is 0.616. The maximum absolute atomic E-state index is 11.4. The van der Waals surface area contributed by atoms with E-state index in [9.17, 15) is 4.79 Å². The molecule has 6 heteroatoms. The zero-order valence-electron chi connectivity index (χ0n) is 10.4. The van der Waals surface area contributed by atoms with Crippen LogP contribution in [0.4, 0.5) is 0 Å². The lowest BCUT2D eigenvalue weighted by atomic mass is 10.2. The van der Waals surface area contributed by atoms with Gasteiger partial charge in [0.2, 0.25) is 0 Å². The van der Waals surface area contributed by atoms with E-state index >= 15 is 0 Å². The maximum atomic E-state index is 11.4. The highest BCUT2D eigenvalue weighted by molar-refractivity contribution is 7.09. The number of morpholine rings is 1. The zero-order chi connectivity index (χ0) is 13.0. The van der Waals surface area contributed by atoms with Crippen LogP contribution >= 0.6 is 22.9 Å². The summed E-state index contributed by atoms with van der Waals surface area (Å²) in [5.41, 5.74) is 0.459. The maximum Gasteiger partial charge on any atom is 0.196 e. The van der Waals surface area contributed by atoms with Crippen LogP contribution in [0.15, 0.2) is 5.38 Å². The van der Waals surface area contributed by atoms with Crippen LogP contribution in [0.5, 0.6) is 0 Å². The number of Topliss-reactive ketones (excluding diaryl/α,β-unsaturated/α-hetero) is 1. The van der Waals surface area contributed by atoms with E-state index in [0.717, 1.165) is 37.7 Å². The summed E-state index contributed by atoms with van der Waals surface area (Å²) >= 11 is 7.00. The van der Waals surface area contributed by atoms with Gasteiger partial charge in [0.15, 0.2) is 5.78 Å². The van der Waals surface area contributed by atoms with Crippen molar-refractivity contribution in [2.45, 2.75) is 19.4 Å². The van der Waals surface area contributed by atoms with Gasteiger partial charge < -0.3 is 4.74 Å². The summed E-state index contributed by atoms with van der Waals surface area (Å²) < 4.78 is 5.73. The van der Waals surface area contributed by atoms with Crippen molar-refractivity contribution in [1.82, 2.24) is 9.88 Å². The summed E-state index contributed by atoms with van der Waals surface area (Å²) in [5.74, 6) is -0.142. The van der Waals surface area contributed by atoms with E-state index < -0.39 is 0 Å². The molecule has 0 amide bonds. The minimum atomic E-state index is -0.125. The predicted octanol–water partition coefficient (Wildman–Crippen LogP) is 2.35. The first-order valence-electron chi connectivity index (χ1n) is 6.13. The van der Waals surface area contributed by atoms with Crippen molar-refractivity contribution in [3.63, 3.8) is 0 Å². The fraction of sp³-hybridized carbons (Fsp3) is 0.667. The van der Waals surface area contributed by atoms with E-state index in [0.29, 0.717) is 5.69 Å². The highest BCUT2D eigenvalue weighted by Crippen LogP contribution is 2.25. The van der Waals surface area contributed by atoms with Crippen LogP contribution in [-0.2, 0) is 4.74 Å². The third-order valence-electron chi connectivity index (χ3n) is 2.89.